The minimum Gasteiger partial charge on any atom is -0.341 e. The van der Waals surface area contributed by atoms with Crippen LogP contribution in [0.3, 0.4) is 0 Å². The molecule has 2 aromatic heterocycles. The van der Waals surface area contributed by atoms with Crippen LogP contribution in [-0.4, -0.2) is 27.4 Å². The molecular formula is C17H16BrN3O3S. The third-order valence-corrected chi connectivity index (χ3v) is 5.51. The number of carbonyl (C=O) groups excluding carboxylic acids is 1. The van der Waals surface area contributed by atoms with Crippen molar-refractivity contribution in [2.45, 2.75) is 19.5 Å². The number of para-hydroxylation sites is 1. The summed E-state index contributed by atoms with van der Waals surface area (Å²) in [5.41, 5.74) is -0.376. The van der Waals surface area contributed by atoms with Crippen molar-refractivity contribution >= 4 is 44.1 Å². The van der Waals surface area contributed by atoms with E-state index in [9.17, 15) is 14.4 Å². The Morgan fingerprint density at radius 2 is 2.00 bits per heavy atom. The van der Waals surface area contributed by atoms with E-state index in [0.29, 0.717) is 17.4 Å². The van der Waals surface area contributed by atoms with Gasteiger partial charge in [-0.3, -0.25) is 19.1 Å². The maximum absolute atomic E-state index is 12.4. The molecule has 1 N–H and O–H groups in total. The number of fused-ring (bicyclic) bond motifs is 1. The highest BCUT2D eigenvalue weighted by Crippen LogP contribution is 2.23. The van der Waals surface area contributed by atoms with Crippen molar-refractivity contribution in [3.8, 4) is 0 Å². The average Bonchev–Trinajstić information content (AvgIpc) is 2.99. The topological polar surface area (TPSA) is 75.2 Å². The lowest BCUT2D eigenvalue weighted by Gasteiger charge is -2.17. The molecule has 0 aliphatic rings. The number of carbonyl (C=O) groups is 1. The molecule has 2 heterocycles. The Morgan fingerprint density at radius 3 is 2.72 bits per heavy atom. The maximum atomic E-state index is 12.4. The molecule has 25 heavy (non-hydrogen) atoms. The highest BCUT2D eigenvalue weighted by Gasteiger charge is 2.13. The summed E-state index contributed by atoms with van der Waals surface area (Å²) >= 11 is 4.99. The summed E-state index contributed by atoms with van der Waals surface area (Å²) in [6.45, 7) is 0.740. The first-order valence-corrected chi connectivity index (χ1v) is 9.26. The molecule has 3 rings (SSSR count). The number of hydrogen-bond acceptors (Lipinski definition) is 4. The van der Waals surface area contributed by atoms with Crippen molar-refractivity contribution in [3.63, 3.8) is 0 Å². The summed E-state index contributed by atoms with van der Waals surface area (Å²) in [6.07, 6.45) is 0.180. The van der Waals surface area contributed by atoms with Crippen molar-refractivity contribution in [2.75, 3.05) is 7.05 Å². The summed E-state index contributed by atoms with van der Waals surface area (Å²) in [5, 5.41) is 0.436. The molecule has 8 heteroatoms. The lowest BCUT2D eigenvalue weighted by atomic mass is 10.2. The van der Waals surface area contributed by atoms with Crippen LogP contribution in [0.25, 0.3) is 10.9 Å². The van der Waals surface area contributed by atoms with E-state index in [-0.39, 0.29) is 18.9 Å². The number of aromatic amines is 1. The van der Waals surface area contributed by atoms with Gasteiger partial charge in [0.1, 0.15) is 0 Å². The number of thiophene rings is 1. The van der Waals surface area contributed by atoms with Crippen LogP contribution in [0.1, 0.15) is 11.3 Å². The Hall–Kier alpha value is -2.19. The summed E-state index contributed by atoms with van der Waals surface area (Å²) in [6, 6.07) is 10.8. The number of amides is 1. The fourth-order valence-electron chi connectivity index (χ4n) is 2.62. The van der Waals surface area contributed by atoms with Gasteiger partial charge < -0.3 is 4.90 Å². The van der Waals surface area contributed by atoms with E-state index in [4.69, 9.17) is 0 Å². The minimum absolute atomic E-state index is 0.0632. The van der Waals surface area contributed by atoms with Crippen LogP contribution >= 0.6 is 27.3 Å². The second-order valence-corrected chi connectivity index (χ2v) is 8.18. The number of benzene rings is 1. The standard InChI is InChI=1S/C17H16BrN3O3S/c1-20(10-11-6-7-14(18)25-11)15(22)8-9-21-13-5-3-2-4-12(13)16(23)19-17(21)24/h2-7H,8-10H2,1H3,(H,19,23,24). The van der Waals surface area contributed by atoms with Gasteiger partial charge in [0, 0.05) is 24.9 Å². The Bertz CT molecular complexity index is 1040. The van der Waals surface area contributed by atoms with E-state index in [0.717, 1.165) is 8.66 Å². The number of halogens is 1. The third-order valence-electron chi connectivity index (χ3n) is 3.90. The Kier molecular flexibility index (Phi) is 5.19. The van der Waals surface area contributed by atoms with E-state index < -0.39 is 11.2 Å². The number of nitrogens with zero attached hydrogens (tertiary/aromatic N) is 2. The summed E-state index contributed by atoms with van der Waals surface area (Å²) < 4.78 is 2.46. The second kappa shape index (κ2) is 7.37. The van der Waals surface area contributed by atoms with Gasteiger partial charge in [-0.2, -0.15) is 0 Å². The molecule has 0 unspecified atom stereocenters. The summed E-state index contributed by atoms with van der Waals surface area (Å²) in [7, 11) is 1.74. The molecule has 0 saturated heterocycles. The van der Waals surface area contributed by atoms with Crippen LogP contribution in [0, 0.1) is 0 Å². The summed E-state index contributed by atoms with van der Waals surface area (Å²) in [5.74, 6) is -0.0632. The molecular weight excluding hydrogens is 406 g/mol. The number of H-pyrrole nitrogens is 1. The third kappa shape index (κ3) is 3.91. The fraction of sp³-hybridized carbons (Fsp3) is 0.235. The van der Waals surface area contributed by atoms with Crippen molar-refractivity contribution in [1.82, 2.24) is 14.5 Å². The van der Waals surface area contributed by atoms with Gasteiger partial charge in [-0.15, -0.1) is 11.3 Å². The first-order valence-electron chi connectivity index (χ1n) is 7.66. The largest absolute Gasteiger partial charge is 0.341 e. The predicted molar refractivity (Wildman–Crippen MR) is 102 cm³/mol. The number of aromatic nitrogens is 2. The van der Waals surface area contributed by atoms with Gasteiger partial charge in [-0.25, -0.2) is 4.79 Å². The van der Waals surface area contributed by atoms with E-state index in [2.05, 4.69) is 20.9 Å². The van der Waals surface area contributed by atoms with Gasteiger partial charge in [-0.1, -0.05) is 12.1 Å². The maximum Gasteiger partial charge on any atom is 0.328 e. The van der Waals surface area contributed by atoms with Gasteiger partial charge >= 0.3 is 5.69 Å². The quantitative estimate of drug-likeness (QED) is 0.687. The molecule has 0 fully saturated rings. The lowest BCUT2D eigenvalue weighted by molar-refractivity contribution is -0.130. The highest BCUT2D eigenvalue weighted by atomic mass is 79.9. The zero-order valence-electron chi connectivity index (χ0n) is 13.5. The number of hydrogen-bond donors (Lipinski definition) is 1. The van der Waals surface area contributed by atoms with Crippen LogP contribution in [0.15, 0.2) is 49.8 Å². The zero-order chi connectivity index (χ0) is 18.0. The molecule has 0 spiro atoms. The first-order chi connectivity index (χ1) is 12.0. The van der Waals surface area contributed by atoms with Crippen molar-refractivity contribution in [2.24, 2.45) is 0 Å². The minimum atomic E-state index is -0.499. The van der Waals surface area contributed by atoms with E-state index in [1.165, 1.54) is 4.57 Å². The number of rotatable bonds is 5. The van der Waals surface area contributed by atoms with Crippen LogP contribution < -0.4 is 11.2 Å². The van der Waals surface area contributed by atoms with Gasteiger partial charge in [0.15, 0.2) is 0 Å². The molecule has 0 radical (unpaired) electrons. The normalized spacial score (nSPS) is 11.0. The molecule has 6 nitrogen and oxygen atoms in total. The van der Waals surface area contributed by atoms with Crippen molar-refractivity contribution < 1.29 is 4.79 Å². The van der Waals surface area contributed by atoms with E-state index >= 15 is 0 Å². The van der Waals surface area contributed by atoms with Crippen LogP contribution in [0.5, 0.6) is 0 Å². The highest BCUT2D eigenvalue weighted by molar-refractivity contribution is 9.11. The first kappa shape index (κ1) is 17.6. The van der Waals surface area contributed by atoms with E-state index in [1.807, 2.05) is 12.1 Å². The molecule has 0 bridgehead atoms. The molecule has 0 atom stereocenters. The van der Waals surface area contributed by atoms with Crippen molar-refractivity contribution in [1.29, 1.82) is 0 Å². The SMILES string of the molecule is CN(Cc1ccc(Br)s1)C(=O)CCn1c(=O)[nH]c(=O)c2ccccc21. The Labute approximate surface area is 155 Å². The Morgan fingerprint density at radius 1 is 1.24 bits per heavy atom. The summed E-state index contributed by atoms with van der Waals surface area (Å²) in [4.78, 5) is 41.4. The monoisotopic (exact) mass is 421 g/mol. The molecule has 3 aromatic rings. The van der Waals surface area contributed by atoms with Gasteiger partial charge in [-0.05, 0) is 40.2 Å². The number of nitrogens with one attached hydrogen (secondary N) is 1. The van der Waals surface area contributed by atoms with Gasteiger partial charge in [0.25, 0.3) is 5.56 Å². The number of aryl methyl sites for hydroxylation is 1. The Balaban J connectivity index is 1.75. The molecule has 0 saturated carbocycles. The van der Waals surface area contributed by atoms with Gasteiger partial charge in [0.2, 0.25) is 5.91 Å². The van der Waals surface area contributed by atoms with E-state index in [1.54, 1.807) is 47.5 Å². The molecule has 130 valence electrons. The average molecular weight is 422 g/mol. The molecule has 1 aromatic carbocycles. The van der Waals surface area contributed by atoms with Crippen LogP contribution in [0.4, 0.5) is 0 Å². The second-order valence-electron chi connectivity index (χ2n) is 5.63. The molecule has 0 aliphatic heterocycles. The van der Waals surface area contributed by atoms with Gasteiger partial charge in [0.05, 0.1) is 21.2 Å². The van der Waals surface area contributed by atoms with Crippen molar-refractivity contribution in [3.05, 3.63) is 65.9 Å². The fourth-order valence-corrected chi connectivity index (χ4v) is 4.16. The lowest BCUT2D eigenvalue weighted by Crippen LogP contribution is -2.33. The molecule has 0 aliphatic carbocycles. The van der Waals surface area contributed by atoms with Crippen LogP contribution in [0.2, 0.25) is 0 Å². The zero-order valence-corrected chi connectivity index (χ0v) is 15.9. The molecule has 1 amide bonds. The predicted octanol–water partition coefficient (Wildman–Crippen LogP) is 2.56. The van der Waals surface area contributed by atoms with Crippen LogP contribution in [-0.2, 0) is 17.9 Å². The smallest absolute Gasteiger partial charge is 0.328 e.